The second-order valence-electron chi connectivity index (χ2n) is 5.73. The van der Waals surface area contributed by atoms with Crippen LogP contribution in [0.3, 0.4) is 0 Å². The van der Waals surface area contributed by atoms with Crippen LogP contribution in [0.25, 0.3) is 10.9 Å². The highest BCUT2D eigenvalue weighted by Crippen LogP contribution is 2.25. The van der Waals surface area contributed by atoms with E-state index in [0.717, 1.165) is 10.3 Å². The number of hydrogen-bond acceptors (Lipinski definition) is 4. The Hall–Kier alpha value is -2.57. The quantitative estimate of drug-likeness (QED) is 0.614. The van der Waals surface area contributed by atoms with Crippen LogP contribution in [-0.2, 0) is 0 Å². The van der Waals surface area contributed by atoms with Gasteiger partial charge in [0.05, 0.1) is 21.7 Å². The van der Waals surface area contributed by atoms with E-state index >= 15 is 0 Å². The summed E-state index contributed by atoms with van der Waals surface area (Å²) in [6, 6.07) is 14.2. The van der Waals surface area contributed by atoms with E-state index in [-0.39, 0.29) is 11.8 Å². The SMILES string of the molecule is CCNC(=O)c1cc(NC(=O)c2cc(SC)ccc2Cl)nc2ccccc12. The van der Waals surface area contributed by atoms with E-state index in [1.165, 1.54) is 11.8 Å². The third kappa shape index (κ3) is 4.23. The fourth-order valence-electron chi connectivity index (χ4n) is 2.67. The Morgan fingerprint density at radius 2 is 1.85 bits per heavy atom. The van der Waals surface area contributed by atoms with Crippen molar-refractivity contribution in [2.45, 2.75) is 11.8 Å². The number of rotatable bonds is 5. The molecule has 1 heterocycles. The summed E-state index contributed by atoms with van der Waals surface area (Å²) in [4.78, 5) is 30.5. The lowest BCUT2D eigenvalue weighted by molar-refractivity contribution is 0.0956. The fraction of sp³-hybridized carbons (Fsp3) is 0.150. The van der Waals surface area contributed by atoms with Gasteiger partial charge in [-0.25, -0.2) is 4.98 Å². The van der Waals surface area contributed by atoms with E-state index in [2.05, 4.69) is 15.6 Å². The maximum atomic E-state index is 12.7. The molecule has 5 nitrogen and oxygen atoms in total. The van der Waals surface area contributed by atoms with Crippen LogP contribution < -0.4 is 10.6 Å². The van der Waals surface area contributed by atoms with Crippen molar-refractivity contribution >= 4 is 51.9 Å². The molecule has 0 spiro atoms. The molecule has 0 aliphatic rings. The molecule has 0 fully saturated rings. The number of nitrogens with zero attached hydrogens (tertiary/aromatic N) is 1. The second kappa shape index (κ2) is 8.41. The molecular weight excluding hydrogens is 382 g/mol. The number of amides is 2. The number of hydrogen-bond donors (Lipinski definition) is 2. The fourth-order valence-corrected chi connectivity index (χ4v) is 3.32. The summed E-state index contributed by atoms with van der Waals surface area (Å²) in [5.41, 5.74) is 1.44. The summed E-state index contributed by atoms with van der Waals surface area (Å²) in [5.74, 6) is -0.292. The van der Waals surface area contributed by atoms with E-state index in [1.54, 1.807) is 24.3 Å². The van der Waals surface area contributed by atoms with Gasteiger partial charge in [0.1, 0.15) is 5.82 Å². The number of para-hydroxylation sites is 1. The van der Waals surface area contributed by atoms with Gasteiger partial charge in [0.2, 0.25) is 0 Å². The molecule has 138 valence electrons. The Morgan fingerprint density at radius 3 is 2.59 bits per heavy atom. The second-order valence-corrected chi connectivity index (χ2v) is 7.02. The number of fused-ring (bicyclic) bond motifs is 1. The molecule has 2 N–H and O–H groups in total. The minimum atomic E-state index is -0.375. The average Bonchev–Trinajstić information content (AvgIpc) is 2.67. The lowest BCUT2D eigenvalue weighted by atomic mass is 10.1. The van der Waals surface area contributed by atoms with Crippen LogP contribution in [0.2, 0.25) is 5.02 Å². The summed E-state index contributed by atoms with van der Waals surface area (Å²) in [5, 5.41) is 6.63. The first-order chi connectivity index (χ1) is 13.0. The van der Waals surface area contributed by atoms with Gasteiger partial charge in [0.15, 0.2) is 0 Å². The smallest absolute Gasteiger partial charge is 0.258 e. The molecule has 0 atom stereocenters. The topological polar surface area (TPSA) is 71.1 Å². The van der Waals surface area contributed by atoms with Gasteiger partial charge >= 0.3 is 0 Å². The zero-order valence-corrected chi connectivity index (χ0v) is 16.4. The minimum absolute atomic E-state index is 0.214. The van der Waals surface area contributed by atoms with Crippen molar-refractivity contribution in [2.24, 2.45) is 0 Å². The van der Waals surface area contributed by atoms with E-state index in [9.17, 15) is 9.59 Å². The van der Waals surface area contributed by atoms with Gasteiger partial charge in [-0.3, -0.25) is 9.59 Å². The van der Waals surface area contributed by atoms with Crippen molar-refractivity contribution in [3.8, 4) is 0 Å². The van der Waals surface area contributed by atoms with Gasteiger partial charge in [0, 0.05) is 16.8 Å². The minimum Gasteiger partial charge on any atom is -0.352 e. The Morgan fingerprint density at radius 1 is 1.07 bits per heavy atom. The van der Waals surface area contributed by atoms with E-state index in [0.29, 0.717) is 34.0 Å². The third-order valence-electron chi connectivity index (χ3n) is 3.96. The van der Waals surface area contributed by atoms with Gasteiger partial charge in [-0.05, 0) is 43.5 Å². The molecular formula is C20H18ClN3O2S. The number of anilines is 1. The Bertz CT molecular complexity index is 1020. The highest BCUT2D eigenvalue weighted by molar-refractivity contribution is 7.98. The first-order valence-corrected chi connectivity index (χ1v) is 9.96. The lowest BCUT2D eigenvalue weighted by Crippen LogP contribution is -2.23. The number of benzene rings is 2. The van der Waals surface area contributed by atoms with Crippen molar-refractivity contribution < 1.29 is 9.59 Å². The molecule has 0 aliphatic heterocycles. The van der Waals surface area contributed by atoms with Crippen molar-refractivity contribution in [1.82, 2.24) is 10.3 Å². The Labute approximate surface area is 166 Å². The van der Waals surface area contributed by atoms with Crippen LogP contribution in [0.4, 0.5) is 5.82 Å². The van der Waals surface area contributed by atoms with Crippen LogP contribution in [0, 0.1) is 0 Å². The first-order valence-electron chi connectivity index (χ1n) is 8.36. The van der Waals surface area contributed by atoms with Gasteiger partial charge < -0.3 is 10.6 Å². The number of carbonyl (C=O) groups excluding carboxylic acids is 2. The molecule has 3 rings (SSSR count). The first kappa shape index (κ1) is 19.2. The van der Waals surface area contributed by atoms with Gasteiger partial charge in [-0.1, -0.05) is 29.8 Å². The molecule has 7 heteroatoms. The summed E-state index contributed by atoms with van der Waals surface area (Å²) in [6.45, 7) is 2.36. The van der Waals surface area contributed by atoms with Crippen LogP contribution in [-0.4, -0.2) is 29.6 Å². The molecule has 2 amide bonds. The zero-order chi connectivity index (χ0) is 19.4. The molecule has 27 heavy (non-hydrogen) atoms. The van der Waals surface area contributed by atoms with E-state index in [1.807, 2.05) is 37.4 Å². The summed E-state index contributed by atoms with van der Waals surface area (Å²) < 4.78 is 0. The molecule has 0 unspecified atom stereocenters. The van der Waals surface area contributed by atoms with Crippen molar-refractivity contribution in [2.75, 3.05) is 18.1 Å². The predicted octanol–water partition coefficient (Wildman–Crippen LogP) is 4.61. The van der Waals surface area contributed by atoms with Crippen LogP contribution in [0.15, 0.2) is 53.4 Å². The highest BCUT2D eigenvalue weighted by atomic mass is 35.5. The maximum absolute atomic E-state index is 12.7. The van der Waals surface area contributed by atoms with E-state index in [4.69, 9.17) is 11.6 Å². The van der Waals surface area contributed by atoms with Crippen LogP contribution >= 0.6 is 23.4 Å². The number of aromatic nitrogens is 1. The van der Waals surface area contributed by atoms with Gasteiger partial charge in [-0.15, -0.1) is 11.8 Å². The molecule has 2 aromatic carbocycles. The Balaban J connectivity index is 2.00. The highest BCUT2D eigenvalue weighted by Gasteiger charge is 2.16. The van der Waals surface area contributed by atoms with Crippen molar-refractivity contribution in [1.29, 1.82) is 0 Å². The largest absolute Gasteiger partial charge is 0.352 e. The summed E-state index contributed by atoms with van der Waals surface area (Å²) in [6.07, 6.45) is 1.93. The van der Waals surface area contributed by atoms with Crippen molar-refractivity contribution in [3.63, 3.8) is 0 Å². The van der Waals surface area contributed by atoms with Gasteiger partial charge in [0.25, 0.3) is 11.8 Å². The number of thioether (sulfide) groups is 1. The average molecular weight is 400 g/mol. The predicted molar refractivity (Wildman–Crippen MR) is 111 cm³/mol. The Kier molecular flexibility index (Phi) is 5.98. The lowest BCUT2D eigenvalue weighted by Gasteiger charge is -2.11. The summed E-state index contributed by atoms with van der Waals surface area (Å²) in [7, 11) is 0. The van der Waals surface area contributed by atoms with Crippen LogP contribution in [0.5, 0.6) is 0 Å². The molecule has 0 aliphatic carbocycles. The van der Waals surface area contributed by atoms with Crippen molar-refractivity contribution in [3.05, 3.63) is 64.7 Å². The molecule has 0 radical (unpaired) electrons. The number of pyridine rings is 1. The molecule has 3 aromatic rings. The standard InChI is InChI=1S/C20H18ClN3O2S/c1-3-22-19(25)14-11-18(23-17-7-5-4-6-13(14)17)24-20(26)15-10-12(27-2)8-9-16(15)21/h4-11H,3H2,1-2H3,(H,22,25)(H,23,24,26). The van der Waals surface area contributed by atoms with E-state index < -0.39 is 0 Å². The summed E-state index contributed by atoms with van der Waals surface area (Å²) >= 11 is 7.70. The molecule has 1 aromatic heterocycles. The number of nitrogens with one attached hydrogen (secondary N) is 2. The van der Waals surface area contributed by atoms with Gasteiger partial charge in [-0.2, -0.15) is 0 Å². The molecule has 0 bridgehead atoms. The zero-order valence-electron chi connectivity index (χ0n) is 14.9. The molecule has 0 saturated heterocycles. The van der Waals surface area contributed by atoms with Crippen LogP contribution in [0.1, 0.15) is 27.6 Å². The molecule has 0 saturated carbocycles. The monoisotopic (exact) mass is 399 g/mol. The third-order valence-corrected chi connectivity index (χ3v) is 5.01. The number of carbonyl (C=O) groups is 2. The number of halogens is 1. The maximum Gasteiger partial charge on any atom is 0.258 e. The normalized spacial score (nSPS) is 10.6.